The molecule has 0 saturated heterocycles. The number of hydrogen-bond donors (Lipinski definition) is 0. The van der Waals surface area contributed by atoms with Crippen LogP contribution in [0.1, 0.15) is 17.5 Å². The smallest absolute Gasteiger partial charge is 0.0625 e. The third kappa shape index (κ3) is 2.21. The maximum absolute atomic E-state index is 8.45. The largest absolute Gasteiger partial charge is 0.198 e. The number of nitriles is 1. The lowest BCUT2D eigenvalue weighted by molar-refractivity contribution is 0.992. The molecule has 12 heavy (non-hydrogen) atoms. The molecule has 0 heterocycles. The van der Waals surface area contributed by atoms with Crippen molar-refractivity contribution in [3.8, 4) is 6.07 Å². The van der Waals surface area contributed by atoms with Crippen molar-refractivity contribution in [2.24, 2.45) is 0 Å². The standard InChI is InChI=1S/C10H13NSi/c11-7-3-6-9-4-1-2-5-10(9)8-12/h1-2,4-5H,3,6,8H2,12H3. The van der Waals surface area contributed by atoms with E-state index in [0.717, 1.165) is 6.42 Å². The highest BCUT2D eigenvalue weighted by Gasteiger charge is 1.97. The summed E-state index contributed by atoms with van der Waals surface area (Å²) in [6.45, 7) is 0. The molecular weight excluding hydrogens is 162 g/mol. The van der Waals surface area contributed by atoms with Gasteiger partial charge in [0.1, 0.15) is 0 Å². The molecule has 0 saturated carbocycles. The van der Waals surface area contributed by atoms with Crippen LogP contribution in [-0.4, -0.2) is 10.2 Å². The summed E-state index contributed by atoms with van der Waals surface area (Å²) in [6, 6.07) is 11.8. The molecule has 1 nitrogen and oxygen atoms in total. The number of nitrogens with zero attached hydrogens (tertiary/aromatic N) is 1. The summed E-state index contributed by atoms with van der Waals surface area (Å²) in [7, 11) is 1.20. The highest BCUT2D eigenvalue weighted by molar-refractivity contribution is 6.08. The lowest BCUT2D eigenvalue weighted by atomic mass is 10.0. The highest BCUT2D eigenvalue weighted by Crippen LogP contribution is 2.10. The number of hydrogen-bond acceptors (Lipinski definition) is 1. The number of rotatable bonds is 3. The van der Waals surface area contributed by atoms with Crippen LogP contribution in [0.15, 0.2) is 24.3 Å². The quantitative estimate of drug-likeness (QED) is 0.629. The molecule has 2 heteroatoms. The molecule has 0 aliphatic carbocycles. The monoisotopic (exact) mass is 175 g/mol. The van der Waals surface area contributed by atoms with Crippen LogP contribution in [0.5, 0.6) is 0 Å². The van der Waals surface area contributed by atoms with Gasteiger partial charge in [-0.1, -0.05) is 24.3 Å². The van der Waals surface area contributed by atoms with Crippen LogP contribution in [0.25, 0.3) is 0 Å². The van der Waals surface area contributed by atoms with E-state index in [0.29, 0.717) is 6.42 Å². The van der Waals surface area contributed by atoms with E-state index in [1.807, 2.05) is 6.07 Å². The Morgan fingerprint density at radius 2 is 1.92 bits per heavy atom. The van der Waals surface area contributed by atoms with Crippen LogP contribution >= 0.6 is 0 Å². The van der Waals surface area contributed by atoms with Gasteiger partial charge in [0.15, 0.2) is 0 Å². The molecule has 0 aliphatic heterocycles. The van der Waals surface area contributed by atoms with Crippen molar-refractivity contribution in [1.82, 2.24) is 0 Å². The van der Waals surface area contributed by atoms with Gasteiger partial charge in [0.2, 0.25) is 0 Å². The van der Waals surface area contributed by atoms with Crippen molar-refractivity contribution in [3.05, 3.63) is 35.4 Å². The van der Waals surface area contributed by atoms with E-state index >= 15 is 0 Å². The normalized spacial score (nSPS) is 9.58. The van der Waals surface area contributed by atoms with Crippen LogP contribution in [-0.2, 0) is 12.5 Å². The van der Waals surface area contributed by atoms with E-state index in [-0.39, 0.29) is 0 Å². The molecule has 1 aromatic rings. The molecule has 0 aliphatic rings. The van der Waals surface area contributed by atoms with E-state index in [2.05, 4.69) is 24.3 Å². The Morgan fingerprint density at radius 1 is 1.25 bits per heavy atom. The Morgan fingerprint density at radius 3 is 2.50 bits per heavy atom. The molecule has 0 aromatic heterocycles. The fourth-order valence-electron chi connectivity index (χ4n) is 1.34. The van der Waals surface area contributed by atoms with Gasteiger partial charge in [-0.05, 0) is 23.6 Å². The minimum Gasteiger partial charge on any atom is -0.198 e. The van der Waals surface area contributed by atoms with E-state index in [9.17, 15) is 0 Å². The lowest BCUT2D eigenvalue weighted by Gasteiger charge is -2.03. The molecule has 1 aromatic carbocycles. The van der Waals surface area contributed by atoms with E-state index in [1.165, 1.54) is 27.4 Å². The molecule has 0 radical (unpaired) electrons. The predicted octanol–water partition coefficient (Wildman–Crippen LogP) is 1.01. The SMILES string of the molecule is N#CCCc1ccccc1C[SiH3]. The molecule has 0 spiro atoms. The molecule has 1 rings (SSSR count). The first-order valence-electron chi connectivity index (χ1n) is 4.32. The third-order valence-electron chi connectivity index (χ3n) is 2.01. The molecule has 0 amide bonds. The van der Waals surface area contributed by atoms with Crippen LogP contribution in [0.2, 0.25) is 0 Å². The highest BCUT2D eigenvalue weighted by atomic mass is 28.1. The average Bonchev–Trinajstić information content (AvgIpc) is 2.15. The fraction of sp³-hybridized carbons (Fsp3) is 0.300. The first-order chi connectivity index (χ1) is 5.88. The van der Waals surface area contributed by atoms with Gasteiger partial charge in [-0.25, -0.2) is 0 Å². The molecule has 0 bridgehead atoms. The van der Waals surface area contributed by atoms with Crippen LogP contribution in [0.3, 0.4) is 0 Å². The molecule has 0 fully saturated rings. The topological polar surface area (TPSA) is 23.8 Å². The van der Waals surface area contributed by atoms with Crippen molar-refractivity contribution in [2.45, 2.75) is 18.9 Å². The van der Waals surface area contributed by atoms with Crippen molar-refractivity contribution >= 4 is 10.2 Å². The summed E-state index contributed by atoms with van der Waals surface area (Å²) in [5.41, 5.74) is 2.79. The van der Waals surface area contributed by atoms with E-state index in [4.69, 9.17) is 5.26 Å². The third-order valence-corrected chi connectivity index (χ3v) is 2.77. The zero-order valence-electron chi connectivity index (χ0n) is 7.38. The van der Waals surface area contributed by atoms with Gasteiger partial charge in [-0.3, -0.25) is 0 Å². The Bertz CT molecular complexity index is 288. The van der Waals surface area contributed by atoms with Gasteiger partial charge in [0, 0.05) is 16.7 Å². The summed E-state index contributed by atoms with van der Waals surface area (Å²) in [4.78, 5) is 0. The Balaban J connectivity index is 2.76. The Kier molecular flexibility index (Phi) is 3.56. The number of benzene rings is 1. The molecule has 0 N–H and O–H groups in total. The lowest BCUT2D eigenvalue weighted by Crippen LogP contribution is -1.93. The second-order valence-corrected chi connectivity index (χ2v) is 3.49. The Hall–Kier alpha value is -1.07. The zero-order chi connectivity index (χ0) is 8.81. The predicted molar refractivity (Wildman–Crippen MR) is 54.0 cm³/mol. The first-order valence-corrected chi connectivity index (χ1v) is 5.73. The van der Waals surface area contributed by atoms with Crippen LogP contribution in [0, 0.1) is 11.3 Å². The summed E-state index contributed by atoms with van der Waals surface area (Å²) in [5, 5.41) is 8.45. The molecular formula is C10H13NSi. The maximum atomic E-state index is 8.45. The van der Waals surface area contributed by atoms with Gasteiger partial charge in [0.05, 0.1) is 6.07 Å². The van der Waals surface area contributed by atoms with Crippen molar-refractivity contribution < 1.29 is 0 Å². The van der Waals surface area contributed by atoms with Gasteiger partial charge < -0.3 is 0 Å². The van der Waals surface area contributed by atoms with Gasteiger partial charge in [0.25, 0.3) is 0 Å². The van der Waals surface area contributed by atoms with Gasteiger partial charge in [-0.15, -0.1) is 0 Å². The molecule has 0 atom stereocenters. The van der Waals surface area contributed by atoms with Crippen LogP contribution < -0.4 is 0 Å². The van der Waals surface area contributed by atoms with Crippen LogP contribution in [0.4, 0.5) is 0 Å². The van der Waals surface area contributed by atoms with Crippen molar-refractivity contribution in [1.29, 1.82) is 5.26 Å². The van der Waals surface area contributed by atoms with E-state index < -0.39 is 0 Å². The van der Waals surface area contributed by atoms with Crippen molar-refractivity contribution in [3.63, 3.8) is 0 Å². The van der Waals surface area contributed by atoms with Gasteiger partial charge in [-0.2, -0.15) is 5.26 Å². The van der Waals surface area contributed by atoms with E-state index in [1.54, 1.807) is 0 Å². The summed E-state index contributed by atoms with van der Waals surface area (Å²) < 4.78 is 0. The average molecular weight is 175 g/mol. The zero-order valence-corrected chi connectivity index (χ0v) is 9.38. The summed E-state index contributed by atoms with van der Waals surface area (Å²) in [5.74, 6) is 0. The van der Waals surface area contributed by atoms with Gasteiger partial charge >= 0.3 is 0 Å². The minimum absolute atomic E-state index is 0.637. The first kappa shape index (κ1) is 9.02. The number of aryl methyl sites for hydroxylation is 1. The summed E-state index contributed by atoms with van der Waals surface area (Å²) in [6.07, 6.45) is 1.55. The minimum atomic E-state index is 0.637. The summed E-state index contributed by atoms with van der Waals surface area (Å²) >= 11 is 0. The molecule has 62 valence electrons. The Labute approximate surface area is 76.5 Å². The molecule has 0 unspecified atom stereocenters. The second-order valence-electron chi connectivity index (χ2n) is 2.78. The maximum Gasteiger partial charge on any atom is 0.0625 e. The fourth-order valence-corrected chi connectivity index (χ4v) is 2.03. The second kappa shape index (κ2) is 4.73. The van der Waals surface area contributed by atoms with Crippen molar-refractivity contribution in [2.75, 3.05) is 0 Å².